The summed E-state index contributed by atoms with van der Waals surface area (Å²) < 4.78 is 0. The summed E-state index contributed by atoms with van der Waals surface area (Å²) in [6.45, 7) is 5.62. The van der Waals surface area contributed by atoms with Crippen molar-refractivity contribution in [3.8, 4) is 0 Å². The van der Waals surface area contributed by atoms with Crippen LogP contribution in [0, 0.1) is 5.92 Å². The highest BCUT2D eigenvalue weighted by molar-refractivity contribution is 5.05. The van der Waals surface area contributed by atoms with E-state index < -0.39 is 6.10 Å². The first-order valence-corrected chi connectivity index (χ1v) is 3.33. The van der Waals surface area contributed by atoms with Crippen molar-refractivity contribution in [1.29, 1.82) is 0 Å². The highest BCUT2D eigenvalue weighted by Crippen LogP contribution is 2.12. The molecule has 10 heavy (non-hydrogen) atoms. The molecule has 0 heterocycles. The number of aliphatic hydroxyl groups is 1. The van der Waals surface area contributed by atoms with Crippen LogP contribution in [-0.4, -0.2) is 11.2 Å². The molecule has 3 nitrogen and oxygen atoms in total. The van der Waals surface area contributed by atoms with Crippen LogP contribution >= 0.6 is 0 Å². The van der Waals surface area contributed by atoms with Crippen molar-refractivity contribution in [3.05, 3.63) is 11.8 Å². The van der Waals surface area contributed by atoms with Crippen molar-refractivity contribution in [1.82, 2.24) is 0 Å². The average molecular weight is 145 g/mol. The zero-order valence-corrected chi connectivity index (χ0v) is 6.66. The van der Waals surface area contributed by atoms with Gasteiger partial charge in [-0.3, -0.25) is 0 Å². The lowest BCUT2D eigenvalue weighted by Gasteiger charge is -2.12. The van der Waals surface area contributed by atoms with Gasteiger partial charge in [0.15, 0.2) is 0 Å². The largest absolute Gasteiger partial charge is 0.419 e. The molecule has 0 aliphatic rings. The van der Waals surface area contributed by atoms with E-state index in [9.17, 15) is 0 Å². The first-order chi connectivity index (χ1) is 4.59. The molecule has 3 N–H and O–H groups in total. The van der Waals surface area contributed by atoms with Gasteiger partial charge in [-0.05, 0) is 18.4 Å². The monoisotopic (exact) mass is 145 g/mol. The maximum absolute atomic E-state index is 9.11. The maximum Gasteiger partial charge on any atom is 0.112 e. The third-order valence-electron chi connectivity index (χ3n) is 1.35. The van der Waals surface area contributed by atoms with Gasteiger partial charge in [0.2, 0.25) is 0 Å². The maximum atomic E-state index is 9.11. The van der Waals surface area contributed by atoms with Crippen molar-refractivity contribution in [3.63, 3.8) is 0 Å². The predicted octanol–water partition coefficient (Wildman–Crippen LogP) is 0.797. The molecule has 0 saturated carbocycles. The van der Waals surface area contributed by atoms with Gasteiger partial charge in [0.1, 0.15) is 6.26 Å². The second-order valence-electron chi connectivity index (χ2n) is 2.58. The summed E-state index contributed by atoms with van der Waals surface area (Å²) in [4.78, 5) is 4.30. The summed E-state index contributed by atoms with van der Waals surface area (Å²) in [6, 6.07) is 0. The van der Waals surface area contributed by atoms with E-state index in [1.807, 2.05) is 13.8 Å². The SMILES string of the molecule is CC(C)/C(=C/ON)C(C)O. The summed E-state index contributed by atoms with van der Waals surface area (Å²) in [6.07, 6.45) is 0.901. The molecule has 0 aromatic rings. The number of aliphatic hydroxyl groups excluding tert-OH is 1. The molecule has 0 fully saturated rings. The van der Waals surface area contributed by atoms with Crippen LogP contribution in [0.25, 0.3) is 0 Å². The third-order valence-corrected chi connectivity index (χ3v) is 1.35. The Labute approximate surface area is 61.4 Å². The Kier molecular flexibility index (Phi) is 4.07. The van der Waals surface area contributed by atoms with Gasteiger partial charge < -0.3 is 9.94 Å². The lowest BCUT2D eigenvalue weighted by atomic mass is 10.0. The predicted molar refractivity (Wildman–Crippen MR) is 39.9 cm³/mol. The summed E-state index contributed by atoms with van der Waals surface area (Å²) in [5.41, 5.74) is 0.808. The molecule has 1 atom stereocenters. The fraction of sp³-hybridized carbons (Fsp3) is 0.714. The molecule has 0 saturated heterocycles. The van der Waals surface area contributed by atoms with Crippen molar-refractivity contribution < 1.29 is 9.94 Å². The van der Waals surface area contributed by atoms with E-state index in [-0.39, 0.29) is 5.92 Å². The molecule has 0 aliphatic heterocycles. The Morgan fingerprint density at radius 2 is 2.00 bits per heavy atom. The van der Waals surface area contributed by atoms with Crippen LogP contribution in [0.5, 0.6) is 0 Å². The first-order valence-electron chi connectivity index (χ1n) is 3.33. The van der Waals surface area contributed by atoms with Gasteiger partial charge in [-0.25, -0.2) is 0 Å². The normalized spacial score (nSPS) is 15.6. The van der Waals surface area contributed by atoms with Gasteiger partial charge in [0.25, 0.3) is 0 Å². The quantitative estimate of drug-likeness (QED) is 0.456. The third kappa shape index (κ3) is 2.85. The number of hydrogen-bond donors (Lipinski definition) is 2. The highest BCUT2D eigenvalue weighted by atomic mass is 16.6. The Morgan fingerprint density at radius 3 is 2.10 bits per heavy atom. The summed E-state index contributed by atoms with van der Waals surface area (Å²) >= 11 is 0. The molecule has 0 spiro atoms. The van der Waals surface area contributed by atoms with Crippen LogP contribution in [0.15, 0.2) is 11.8 Å². The second kappa shape index (κ2) is 4.30. The number of rotatable bonds is 3. The fourth-order valence-electron chi connectivity index (χ4n) is 0.796. The van der Waals surface area contributed by atoms with Crippen LogP contribution in [0.2, 0.25) is 0 Å². The molecule has 0 aromatic carbocycles. The van der Waals surface area contributed by atoms with Crippen LogP contribution in [-0.2, 0) is 4.84 Å². The topological polar surface area (TPSA) is 55.5 Å². The van der Waals surface area contributed by atoms with Crippen LogP contribution in [0.4, 0.5) is 0 Å². The smallest absolute Gasteiger partial charge is 0.112 e. The van der Waals surface area contributed by atoms with E-state index in [1.165, 1.54) is 6.26 Å². The Balaban J connectivity index is 4.12. The average Bonchev–Trinajstić information content (AvgIpc) is 1.81. The minimum atomic E-state index is -0.483. The molecule has 3 heteroatoms. The van der Waals surface area contributed by atoms with Gasteiger partial charge >= 0.3 is 0 Å². The van der Waals surface area contributed by atoms with Gasteiger partial charge in [0, 0.05) is 0 Å². The first kappa shape index (κ1) is 9.46. The molecule has 60 valence electrons. The van der Waals surface area contributed by atoms with E-state index in [0.29, 0.717) is 0 Å². The lowest BCUT2D eigenvalue weighted by molar-refractivity contribution is 0.198. The van der Waals surface area contributed by atoms with Gasteiger partial charge in [-0.1, -0.05) is 13.8 Å². The Bertz CT molecular complexity index is 109. The number of nitrogens with two attached hydrogens (primary N) is 1. The Morgan fingerprint density at radius 1 is 1.50 bits per heavy atom. The van der Waals surface area contributed by atoms with Crippen molar-refractivity contribution in [2.24, 2.45) is 11.8 Å². The Hall–Kier alpha value is -0.540. The van der Waals surface area contributed by atoms with Crippen molar-refractivity contribution in [2.45, 2.75) is 26.9 Å². The van der Waals surface area contributed by atoms with Gasteiger partial charge in [-0.15, -0.1) is 0 Å². The summed E-state index contributed by atoms with van der Waals surface area (Å²) in [5.74, 6) is 5.08. The molecular formula is C7H15NO2. The van der Waals surface area contributed by atoms with E-state index in [0.717, 1.165) is 5.57 Å². The summed E-state index contributed by atoms with van der Waals surface area (Å²) in [7, 11) is 0. The number of hydrogen-bond acceptors (Lipinski definition) is 3. The minimum Gasteiger partial charge on any atom is -0.419 e. The van der Waals surface area contributed by atoms with Crippen molar-refractivity contribution >= 4 is 0 Å². The van der Waals surface area contributed by atoms with Gasteiger partial charge in [-0.2, -0.15) is 5.90 Å². The lowest BCUT2D eigenvalue weighted by Crippen LogP contribution is -2.11. The molecule has 0 aliphatic carbocycles. The molecule has 0 radical (unpaired) electrons. The van der Waals surface area contributed by atoms with E-state index in [4.69, 9.17) is 11.0 Å². The van der Waals surface area contributed by atoms with Crippen molar-refractivity contribution in [2.75, 3.05) is 0 Å². The van der Waals surface area contributed by atoms with E-state index >= 15 is 0 Å². The standard InChI is InChI=1S/C7H15NO2/c1-5(2)7(4-10-8)6(3)9/h4-6,9H,8H2,1-3H3/b7-4-. The van der Waals surface area contributed by atoms with Gasteiger partial charge in [0.05, 0.1) is 6.10 Å². The van der Waals surface area contributed by atoms with E-state index in [1.54, 1.807) is 6.92 Å². The molecule has 1 unspecified atom stereocenters. The highest BCUT2D eigenvalue weighted by Gasteiger charge is 2.08. The minimum absolute atomic E-state index is 0.267. The zero-order chi connectivity index (χ0) is 8.15. The molecular weight excluding hydrogens is 130 g/mol. The van der Waals surface area contributed by atoms with E-state index in [2.05, 4.69) is 4.84 Å². The summed E-state index contributed by atoms with van der Waals surface area (Å²) in [5, 5.41) is 9.11. The van der Waals surface area contributed by atoms with Crippen LogP contribution < -0.4 is 5.90 Å². The molecule has 0 aromatic heterocycles. The molecule has 0 amide bonds. The van der Waals surface area contributed by atoms with Crippen LogP contribution in [0.1, 0.15) is 20.8 Å². The zero-order valence-electron chi connectivity index (χ0n) is 6.66. The molecule has 0 bridgehead atoms. The fourth-order valence-corrected chi connectivity index (χ4v) is 0.796. The second-order valence-corrected chi connectivity index (χ2v) is 2.58. The van der Waals surface area contributed by atoms with Crippen LogP contribution in [0.3, 0.4) is 0 Å². The molecule has 0 rings (SSSR count).